The minimum Gasteiger partial charge on any atom is -0.379 e. The van der Waals surface area contributed by atoms with Gasteiger partial charge in [-0.3, -0.25) is 0 Å². The Morgan fingerprint density at radius 2 is 1.44 bits per heavy atom. The first-order valence-corrected chi connectivity index (χ1v) is 14.2. The van der Waals surface area contributed by atoms with E-state index in [1.54, 1.807) is 6.07 Å². The summed E-state index contributed by atoms with van der Waals surface area (Å²) in [5.41, 5.74) is 0.656. The van der Waals surface area contributed by atoms with Gasteiger partial charge in [-0.2, -0.15) is 21.6 Å². The van der Waals surface area contributed by atoms with E-state index in [9.17, 15) is 26.0 Å². The van der Waals surface area contributed by atoms with Crippen molar-refractivity contribution in [2.45, 2.75) is 109 Å². The number of hydrogen-bond acceptors (Lipinski definition) is 3. The highest BCUT2D eigenvalue weighted by Gasteiger charge is 2.25. The summed E-state index contributed by atoms with van der Waals surface area (Å²) in [6.45, 7) is 2.19. The van der Waals surface area contributed by atoms with Gasteiger partial charge in [0.15, 0.2) is 11.6 Å². The van der Waals surface area contributed by atoms with E-state index in [0.29, 0.717) is 31.2 Å². The summed E-state index contributed by atoms with van der Waals surface area (Å²) in [5, 5.41) is 0. The van der Waals surface area contributed by atoms with Crippen LogP contribution in [0.25, 0.3) is 6.08 Å². The standard InChI is InChI=1S/C26H40F4O3S/c1-2-3-4-5-6-8-11-14-17-23-18-19-25(24(27)22-23)33-34(31,32)21-16-13-10-7-9-12-15-20-26(28,29)30/h14,17-19,22H,2-13,15-16,20-21H2,1H3. The number of allylic oxidation sites excluding steroid dienone is 1. The van der Waals surface area contributed by atoms with E-state index in [4.69, 9.17) is 4.18 Å². The molecule has 34 heavy (non-hydrogen) atoms. The second-order valence-corrected chi connectivity index (χ2v) is 10.5. The quantitative estimate of drug-likeness (QED) is 0.106. The van der Waals surface area contributed by atoms with Crippen LogP contribution >= 0.6 is 0 Å². The number of benzene rings is 1. The maximum atomic E-state index is 14.3. The molecule has 0 amide bonds. The zero-order valence-corrected chi connectivity index (χ0v) is 21.2. The molecule has 0 atom stereocenters. The van der Waals surface area contributed by atoms with E-state index in [2.05, 4.69) is 6.92 Å². The fourth-order valence-electron chi connectivity index (χ4n) is 3.62. The van der Waals surface area contributed by atoms with Crippen LogP contribution in [0.4, 0.5) is 17.6 Å². The van der Waals surface area contributed by atoms with Crippen LogP contribution in [0.15, 0.2) is 24.3 Å². The number of halogens is 4. The topological polar surface area (TPSA) is 43.4 Å². The highest BCUT2D eigenvalue weighted by molar-refractivity contribution is 7.87. The molecular formula is C26H40F4O3S. The summed E-state index contributed by atoms with van der Waals surface area (Å²) in [6.07, 6.45) is 11.1. The summed E-state index contributed by atoms with van der Waals surface area (Å²) >= 11 is 0. The third kappa shape index (κ3) is 16.1. The van der Waals surface area contributed by atoms with Crippen LogP contribution in [-0.4, -0.2) is 20.3 Å². The lowest BCUT2D eigenvalue weighted by atomic mass is 10.1. The molecule has 0 spiro atoms. The van der Waals surface area contributed by atoms with Crippen LogP contribution in [0.5, 0.6) is 5.75 Å². The maximum Gasteiger partial charge on any atom is 0.389 e. The lowest BCUT2D eigenvalue weighted by molar-refractivity contribution is -0.135. The number of rotatable bonds is 19. The van der Waals surface area contributed by atoms with E-state index < -0.39 is 28.5 Å². The van der Waals surface area contributed by atoms with Gasteiger partial charge in [0.2, 0.25) is 0 Å². The summed E-state index contributed by atoms with van der Waals surface area (Å²) < 4.78 is 79.7. The number of unbranched alkanes of at least 4 members (excludes halogenated alkanes) is 12. The zero-order chi connectivity index (χ0) is 25.3. The molecule has 196 valence electrons. The first-order valence-electron chi connectivity index (χ1n) is 12.6. The Bertz CT molecular complexity index is 805. The average molecular weight is 509 g/mol. The van der Waals surface area contributed by atoms with Crippen LogP contribution in [0, 0.1) is 5.82 Å². The molecule has 0 radical (unpaired) electrons. The molecule has 8 heteroatoms. The molecule has 0 aromatic heterocycles. The van der Waals surface area contributed by atoms with Gasteiger partial charge in [-0.1, -0.05) is 89.4 Å². The van der Waals surface area contributed by atoms with Gasteiger partial charge in [0.05, 0.1) is 5.75 Å². The lowest BCUT2D eigenvalue weighted by Crippen LogP contribution is -2.14. The van der Waals surface area contributed by atoms with Gasteiger partial charge in [-0.25, -0.2) is 4.39 Å². The van der Waals surface area contributed by atoms with Crippen molar-refractivity contribution in [1.82, 2.24) is 0 Å². The minimum absolute atomic E-state index is 0.130. The second kappa shape index (κ2) is 17.0. The maximum absolute atomic E-state index is 14.3. The Morgan fingerprint density at radius 1 is 0.853 bits per heavy atom. The van der Waals surface area contributed by atoms with Gasteiger partial charge in [-0.15, -0.1) is 0 Å². The second-order valence-electron chi connectivity index (χ2n) is 8.83. The first kappa shape index (κ1) is 30.5. The molecule has 0 saturated carbocycles. The minimum atomic E-state index is -4.10. The largest absolute Gasteiger partial charge is 0.389 e. The van der Waals surface area contributed by atoms with Crippen molar-refractivity contribution in [2.75, 3.05) is 5.75 Å². The van der Waals surface area contributed by atoms with Gasteiger partial charge in [0.25, 0.3) is 0 Å². The van der Waals surface area contributed by atoms with Crippen LogP contribution in [0.3, 0.4) is 0 Å². The van der Waals surface area contributed by atoms with Crippen molar-refractivity contribution < 1.29 is 30.2 Å². The van der Waals surface area contributed by atoms with E-state index in [-0.39, 0.29) is 17.9 Å². The monoisotopic (exact) mass is 508 g/mol. The molecule has 0 aliphatic rings. The fourth-order valence-corrected chi connectivity index (χ4v) is 4.67. The molecule has 0 unspecified atom stereocenters. The molecule has 1 aromatic carbocycles. The van der Waals surface area contributed by atoms with Crippen molar-refractivity contribution in [3.05, 3.63) is 35.7 Å². The molecule has 0 aliphatic heterocycles. The molecule has 0 fully saturated rings. The Labute approximate surface area is 203 Å². The predicted octanol–water partition coefficient (Wildman–Crippen LogP) is 8.98. The number of hydrogen-bond donors (Lipinski definition) is 0. The molecule has 3 nitrogen and oxygen atoms in total. The van der Waals surface area contributed by atoms with E-state index in [1.165, 1.54) is 44.2 Å². The normalized spacial score (nSPS) is 12.5. The molecule has 1 rings (SSSR count). The number of alkyl halides is 3. The molecule has 1 aromatic rings. The molecule has 0 bridgehead atoms. The van der Waals surface area contributed by atoms with Crippen LogP contribution in [0.2, 0.25) is 0 Å². The smallest absolute Gasteiger partial charge is 0.379 e. The SMILES string of the molecule is CCCCCCCCC=Cc1ccc(OS(=O)(=O)CCCCCCCCCC(F)(F)F)c(F)c1. The zero-order valence-electron chi connectivity index (χ0n) is 20.3. The summed E-state index contributed by atoms with van der Waals surface area (Å²) in [6, 6.07) is 4.23. The average Bonchev–Trinajstić information content (AvgIpc) is 2.75. The molecule has 0 saturated heterocycles. The Hall–Kier alpha value is -1.57. The van der Waals surface area contributed by atoms with Crippen molar-refractivity contribution in [2.24, 2.45) is 0 Å². The van der Waals surface area contributed by atoms with Gasteiger partial charge in [0, 0.05) is 6.42 Å². The van der Waals surface area contributed by atoms with E-state index in [1.807, 2.05) is 12.2 Å². The van der Waals surface area contributed by atoms with Crippen molar-refractivity contribution in [3.8, 4) is 5.75 Å². The van der Waals surface area contributed by atoms with Gasteiger partial charge >= 0.3 is 16.3 Å². The van der Waals surface area contributed by atoms with Crippen molar-refractivity contribution >= 4 is 16.2 Å². The van der Waals surface area contributed by atoms with Crippen LogP contribution < -0.4 is 4.18 Å². The Morgan fingerprint density at radius 3 is 2.06 bits per heavy atom. The van der Waals surface area contributed by atoms with Crippen molar-refractivity contribution in [1.29, 1.82) is 0 Å². The summed E-state index contributed by atoms with van der Waals surface area (Å²) in [7, 11) is -3.90. The molecule has 0 aliphatic carbocycles. The third-order valence-electron chi connectivity index (χ3n) is 5.56. The lowest BCUT2D eigenvalue weighted by Gasteiger charge is -2.08. The first-order chi connectivity index (χ1) is 16.1. The molecule has 0 heterocycles. The van der Waals surface area contributed by atoms with Gasteiger partial charge < -0.3 is 4.18 Å². The predicted molar refractivity (Wildman–Crippen MR) is 131 cm³/mol. The molecule has 0 N–H and O–H groups in total. The Kier molecular flexibility index (Phi) is 15.2. The van der Waals surface area contributed by atoms with Gasteiger partial charge in [-0.05, 0) is 43.4 Å². The fraction of sp³-hybridized carbons (Fsp3) is 0.692. The van der Waals surface area contributed by atoms with Crippen molar-refractivity contribution in [3.63, 3.8) is 0 Å². The van der Waals surface area contributed by atoms with Crippen LogP contribution in [-0.2, 0) is 10.1 Å². The highest BCUT2D eigenvalue weighted by Crippen LogP contribution is 2.24. The highest BCUT2D eigenvalue weighted by atomic mass is 32.2. The van der Waals surface area contributed by atoms with Crippen LogP contribution in [0.1, 0.15) is 109 Å². The summed E-state index contributed by atoms with van der Waals surface area (Å²) in [5.74, 6) is -1.25. The van der Waals surface area contributed by atoms with E-state index in [0.717, 1.165) is 25.7 Å². The Balaban J connectivity index is 2.26. The summed E-state index contributed by atoms with van der Waals surface area (Å²) in [4.78, 5) is 0. The molecular weight excluding hydrogens is 468 g/mol. The van der Waals surface area contributed by atoms with Gasteiger partial charge in [0.1, 0.15) is 0 Å². The van der Waals surface area contributed by atoms with E-state index >= 15 is 0 Å². The third-order valence-corrected chi connectivity index (χ3v) is 6.78.